The van der Waals surface area contributed by atoms with E-state index in [1.807, 2.05) is 37.3 Å². The van der Waals surface area contributed by atoms with Crippen molar-refractivity contribution >= 4 is 15.9 Å². The Balaban J connectivity index is 1.33. The molecule has 1 amide bonds. The lowest BCUT2D eigenvalue weighted by atomic mass is 10.1. The summed E-state index contributed by atoms with van der Waals surface area (Å²) < 4.78 is 38.9. The number of nitrogens with zero attached hydrogens (tertiary/aromatic N) is 2. The largest absolute Gasteiger partial charge is 0.492 e. The molecule has 0 radical (unpaired) electrons. The van der Waals surface area contributed by atoms with Crippen LogP contribution in [0, 0.1) is 6.92 Å². The van der Waals surface area contributed by atoms with Crippen molar-refractivity contribution in [1.29, 1.82) is 0 Å². The van der Waals surface area contributed by atoms with Crippen LogP contribution >= 0.6 is 0 Å². The van der Waals surface area contributed by atoms with Gasteiger partial charge in [0, 0.05) is 38.3 Å². The molecular weight excluding hydrogens is 454 g/mol. The number of carbonyl (C=O) groups excluding carboxylic acids is 1. The zero-order valence-corrected chi connectivity index (χ0v) is 20.0. The number of para-hydroxylation sites is 1. The number of ether oxygens (including phenoxy) is 1. The second-order valence-electron chi connectivity index (χ2n) is 8.18. The molecule has 8 nitrogen and oxygen atoms in total. The smallest absolute Gasteiger partial charge is 0.254 e. The molecule has 1 aromatic heterocycles. The molecule has 0 bridgehead atoms. The van der Waals surface area contributed by atoms with Gasteiger partial charge in [-0.2, -0.15) is 0 Å². The highest BCUT2D eigenvalue weighted by atomic mass is 32.2. The molecule has 9 heteroatoms. The summed E-state index contributed by atoms with van der Waals surface area (Å²) in [4.78, 5) is 17.3. The number of sulfonamides is 1. The predicted molar refractivity (Wildman–Crippen MR) is 128 cm³/mol. The molecule has 2 heterocycles. The third kappa shape index (κ3) is 6.05. The van der Waals surface area contributed by atoms with E-state index in [-0.39, 0.29) is 17.3 Å². The van der Waals surface area contributed by atoms with Gasteiger partial charge in [0.05, 0.1) is 17.7 Å². The highest BCUT2D eigenvalue weighted by Crippen LogP contribution is 2.19. The minimum atomic E-state index is -3.78. The Labute approximate surface area is 200 Å². The van der Waals surface area contributed by atoms with Gasteiger partial charge in [0.1, 0.15) is 18.1 Å². The van der Waals surface area contributed by atoms with Gasteiger partial charge in [0.25, 0.3) is 5.91 Å². The summed E-state index contributed by atoms with van der Waals surface area (Å²) in [5.74, 6) is 1.21. The fraction of sp³-hybridized carbons (Fsp3) is 0.320. The number of furan rings is 1. The van der Waals surface area contributed by atoms with Crippen LogP contribution in [0.2, 0.25) is 0 Å². The molecule has 180 valence electrons. The minimum Gasteiger partial charge on any atom is -0.492 e. The predicted octanol–water partition coefficient (Wildman–Crippen LogP) is 2.90. The molecule has 1 fully saturated rings. The normalized spacial score (nSPS) is 14.8. The Hall–Kier alpha value is -3.14. The van der Waals surface area contributed by atoms with Crippen molar-refractivity contribution in [1.82, 2.24) is 14.5 Å². The second-order valence-corrected chi connectivity index (χ2v) is 9.94. The fourth-order valence-electron chi connectivity index (χ4n) is 3.82. The molecule has 1 aliphatic heterocycles. The summed E-state index contributed by atoms with van der Waals surface area (Å²) in [7, 11) is -3.78. The minimum absolute atomic E-state index is 0.0441. The van der Waals surface area contributed by atoms with Crippen molar-refractivity contribution in [3.63, 3.8) is 0 Å². The van der Waals surface area contributed by atoms with E-state index in [1.54, 1.807) is 23.1 Å². The number of piperazine rings is 1. The lowest BCUT2D eigenvalue weighted by Gasteiger charge is -2.35. The molecule has 0 unspecified atom stereocenters. The van der Waals surface area contributed by atoms with Gasteiger partial charge in [-0.1, -0.05) is 24.3 Å². The maximum atomic E-state index is 13.2. The summed E-state index contributed by atoms with van der Waals surface area (Å²) in [5, 5.41) is 0. The van der Waals surface area contributed by atoms with E-state index in [1.165, 1.54) is 18.4 Å². The van der Waals surface area contributed by atoms with E-state index < -0.39 is 10.0 Å². The van der Waals surface area contributed by atoms with Gasteiger partial charge >= 0.3 is 0 Å². The molecule has 1 saturated heterocycles. The molecule has 1 aliphatic rings. The first kappa shape index (κ1) is 24.0. The highest BCUT2D eigenvalue weighted by Gasteiger charge is 2.25. The van der Waals surface area contributed by atoms with Crippen LogP contribution < -0.4 is 9.46 Å². The van der Waals surface area contributed by atoms with E-state index in [0.29, 0.717) is 31.0 Å². The van der Waals surface area contributed by atoms with Crippen molar-refractivity contribution in [2.45, 2.75) is 18.4 Å². The van der Waals surface area contributed by atoms with Gasteiger partial charge in [-0.05, 0) is 48.9 Å². The summed E-state index contributed by atoms with van der Waals surface area (Å²) in [5.41, 5.74) is 1.15. The number of rotatable bonds is 9. The van der Waals surface area contributed by atoms with Crippen LogP contribution in [0.25, 0.3) is 0 Å². The first-order chi connectivity index (χ1) is 16.4. The topological polar surface area (TPSA) is 92.1 Å². The molecule has 1 N–H and O–H groups in total. The van der Waals surface area contributed by atoms with E-state index in [9.17, 15) is 13.2 Å². The van der Waals surface area contributed by atoms with E-state index in [4.69, 9.17) is 9.15 Å². The highest BCUT2D eigenvalue weighted by molar-refractivity contribution is 7.89. The van der Waals surface area contributed by atoms with E-state index >= 15 is 0 Å². The number of hydrogen-bond acceptors (Lipinski definition) is 6. The molecular formula is C25H29N3O5S. The monoisotopic (exact) mass is 483 g/mol. The van der Waals surface area contributed by atoms with Gasteiger partial charge in [0.15, 0.2) is 0 Å². The van der Waals surface area contributed by atoms with Gasteiger partial charge in [-0.15, -0.1) is 0 Å². The summed E-state index contributed by atoms with van der Waals surface area (Å²) in [6, 6.07) is 17.7. The van der Waals surface area contributed by atoms with Crippen molar-refractivity contribution in [2.75, 3.05) is 39.3 Å². The Bertz CT molecular complexity index is 1190. The Morgan fingerprint density at radius 3 is 2.50 bits per heavy atom. The molecule has 3 aromatic rings. The second kappa shape index (κ2) is 10.9. The molecule has 4 rings (SSSR count). The molecule has 0 atom stereocenters. The van der Waals surface area contributed by atoms with Crippen molar-refractivity contribution in [3.8, 4) is 5.75 Å². The molecule has 2 aromatic carbocycles. The Morgan fingerprint density at radius 2 is 1.79 bits per heavy atom. The number of aryl methyl sites for hydroxylation is 1. The number of amides is 1. The maximum absolute atomic E-state index is 13.2. The van der Waals surface area contributed by atoms with E-state index in [0.717, 1.165) is 30.9 Å². The number of benzene rings is 2. The Kier molecular flexibility index (Phi) is 7.66. The summed E-state index contributed by atoms with van der Waals surface area (Å²) >= 11 is 0. The average Bonchev–Trinajstić information content (AvgIpc) is 3.38. The van der Waals surface area contributed by atoms with Gasteiger partial charge in [-0.3, -0.25) is 9.69 Å². The van der Waals surface area contributed by atoms with Crippen LogP contribution in [-0.4, -0.2) is 63.5 Å². The molecule has 0 aliphatic carbocycles. The quantitative estimate of drug-likeness (QED) is 0.503. The zero-order chi connectivity index (χ0) is 24.0. The lowest BCUT2D eigenvalue weighted by molar-refractivity contribution is 0.0619. The van der Waals surface area contributed by atoms with Crippen LogP contribution in [0.3, 0.4) is 0 Å². The van der Waals surface area contributed by atoms with Crippen LogP contribution in [0.5, 0.6) is 5.75 Å². The number of carbonyl (C=O) groups is 1. The molecule has 34 heavy (non-hydrogen) atoms. The molecule has 0 saturated carbocycles. The van der Waals surface area contributed by atoms with Crippen LogP contribution in [0.1, 0.15) is 21.7 Å². The van der Waals surface area contributed by atoms with Gasteiger partial charge in [0.2, 0.25) is 10.0 Å². The van der Waals surface area contributed by atoms with Crippen LogP contribution in [-0.2, 0) is 16.6 Å². The Morgan fingerprint density at radius 1 is 1.03 bits per heavy atom. The maximum Gasteiger partial charge on any atom is 0.254 e. The standard InChI is InChI=1S/C25H29N3O5S/c1-20-9-10-23(34(30,31)26-19-22-8-5-16-32-22)18-24(20)25(29)28-13-11-27(12-14-28)15-17-33-21-6-3-2-4-7-21/h2-10,16,18,26H,11-15,17,19H2,1H3. The van der Waals surface area contributed by atoms with E-state index in [2.05, 4.69) is 9.62 Å². The number of hydrogen-bond donors (Lipinski definition) is 1. The molecule has 0 spiro atoms. The summed E-state index contributed by atoms with van der Waals surface area (Å²) in [6.07, 6.45) is 1.49. The first-order valence-corrected chi connectivity index (χ1v) is 12.7. The summed E-state index contributed by atoms with van der Waals surface area (Å²) in [6.45, 7) is 5.87. The average molecular weight is 484 g/mol. The lowest BCUT2D eigenvalue weighted by Crippen LogP contribution is -2.49. The van der Waals surface area contributed by atoms with Gasteiger partial charge in [-0.25, -0.2) is 13.1 Å². The SMILES string of the molecule is Cc1ccc(S(=O)(=O)NCc2ccco2)cc1C(=O)N1CCN(CCOc2ccccc2)CC1. The van der Waals surface area contributed by atoms with Crippen molar-refractivity contribution in [2.24, 2.45) is 0 Å². The van der Waals surface area contributed by atoms with Crippen molar-refractivity contribution < 1.29 is 22.4 Å². The number of nitrogens with one attached hydrogen (secondary N) is 1. The van der Waals surface area contributed by atoms with Crippen LogP contribution in [0.15, 0.2) is 76.2 Å². The third-order valence-corrected chi connectivity index (χ3v) is 7.24. The fourth-order valence-corrected chi connectivity index (χ4v) is 4.83. The third-order valence-electron chi connectivity index (χ3n) is 5.85. The van der Waals surface area contributed by atoms with Crippen LogP contribution in [0.4, 0.5) is 0 Å². The first-order valence-electron chi connectivity index (χ1n) is 11.2. The van der Waals surface area contributed by atoms with Gasteiger partial charge < -0.3 is 14.1 Å². The zero-order valence-electron chi connectivity index (χ0n) is 19.1. The van der Waals surface area contributed by atoms with Crippen molar-refractivity contribution in [3.05, 3.63) is 83.8 Å².